The number of aryl methyl sites for hydroxylation is 1. The Balaban J connectivity index is 1.77. The molecule has 0 aliphatic carbocycles. The van der Waals surface area contributed by atoms with Gasteiger partial charge in [0.05, 0.1) is 24.2 Å². The average Bonchev–Trinajstić information content (AvgIpc) is 3.21. The Bertz CT molecular complexity index is 1200. The molecule has 0 unspecified atom stereocenters. The maximum Gasteiger partial charge on any atom is 0.274 e. The highest BCUT2D eigenvalue weighted by molar-refractivity contribution is 6.04. The highest BCUT2D eigenvalue weighted by Gasteiger charge is 2.19. The number of rotatable bonds is 5. The summed E-state index contributed by atoms with van der Waals surface area (Å²) in [5, 5.41) is 7.29. The number of amides is 1. The standard InChI is InChI=1S/C24H20FN3O2/c1-16-6-5-7-18(14-16)28-23(24(29)26-21-9-4-3-8-20(21)25)15-22(27-28)17-10-12-19(30-2)13-11-17/h3-15H,1-2H3,(H,26,29). The van der Waals surface area contributed by atoms with E-state index in [4.69, 9.17) is 4.74 Å². The molecule has 3 aromatic carbocycles. The Morgan fingerprint density at radius 2 is 1.77 bits per heavy atom. The smallest absolute Gasteiger partial charge is 0.274 e. The van der Waals surface area contributed by atoms with Crippen molar-refractivity contribution < 1.29 is 13.9 Å². The topological polar surface area (TPSA) is 56.1 Å². The Hall–Kier alpha value is -3.93. The third kappa shape index (κ3) is 3.93. The Morgan fingerprint density at radius 3 is 2.47 bits per heavy atom. The summed E-state index contributed by atoms with van der Waals surface area (Å²) in [5.74, 6) is -0.217. The Labute approximate surface area is 173 Å². The van der Waals surface area contributed by atoms with Gasteiger partial charge in [-0.1, -0.05) is 24.3 Å². The second-order valence-electron chi connectivity index (χ2n) is 6.83. The number of nitrogens with one attached hydrogen (secondary N) is 1. The molecule has 0 radical (unpaired) electrons. The molecular weight excluding hydrogens is 381 g/mol. The summed E-state index contributed by atoms with van der Waals surface area (Å²) in [7, 11) is 1.60. The number of para-hydroxylation sites is 1. The van der Waals surface area contributed by atoms with Crippen LogP contribution in [0.15, 0.2) is 78.9 Å². The number of nitrogens with zero attached hydrogens (tertiary/aromatic N) is 2. The number of aromatic nitrogens is 2. The molecule has 4 aromatic rings. The van der Waals surface area contributed by atoms with Crippen LogP contribution < -0.4 is 10.1 Å². The molecule has 150 valence electrons. The number of benzene rings is 3. The monoisotopic (exact) mass is 401 g/mol. The van der Waals surface area contributed by atoms with E-state index in [0.717, 1.165) is 22.6 Å². The molecule has 1 aromatic heterocycles. The fourth-order valence-corrected chi connectivity index (χ4v) is 3.15. The highest BCUT2D eigenvalue weighted by atomic mass is 19.1. The van der Waals surface area contributed by atoms with Gasteiger partial charge < -0.3 is 10.1 Å². The van der Waals surface area contributed by atoms with Crippen molar-refractivity contribution in [2.45, 2.75) is 6.92 Å². The summed E-state index contributed by atoms with van der Waals surface area (Å²) >= 11 is 0. The summed E-state index contributed by atoms with van der Waals surface area (Å²) in [6.07, 6.45) is 0. The zero-order valence-electron chi connectivity index (χ0n) is 16.6. The summed E-state index contributed by atoms with van der Waals surface area (Å²) < 4.78 is 20.8. The fraction of sp³-hybridized carbons (Fsp3) is 0.0833. The van der Waals surface area contributed by atoms with Gasteiger partial charge in [-0.25, -0.2) is 9.07 Å². The van der Waals surface area contributed by atoms with Gasteiger partial charge in [0, 0.05) is 5.56 Å². The van der Waals surface area contributed by atoms with Gasteiger partial charge in [0.25, 0.3) is 5.91 Å². The quantitative estimate of drug-likeness (QED) is 0.497. The molecule has 6 heteroatoms. The molecule has 1 N–H and O–H groups in total. The molecule has 30 heavy (non-hydrogen) atoms. The number of methoxy groups -OCH3 is 1. The van der Waals surface area contributed by atoms with Crippen molar-refractivity contribution in [3.8, 4) is 22.7 Å². The van der Waals surface area contributed by atoms with E-state index in [9.17, 15) is 9.18 Å². The number of anilines is 1. The molecular formula is C24H20FN3O2. The number of carbonyl (C=O) groups is 1. The van der Waals surface area contributed by atoms with Crippen LogP contribution in [0.1, 0.15) is 16.1 Å². The highest BCUT2D eigenvalue weighted by Crippen LogP contribution is 2.25. The lowest BCUT2D eigenvalue weighted by Crippen LogP contribution is -2.17. The van der Waals surface area contributed by atoms with Crippen LogP contribution in [-0.4, -0.2) is 22.8 Å². The van der Waals surface area contributed by atoms with Gasteiger partial charge in [-0.2, -0.15) is 5.10 Å². The lowest BCUT2D eigenvalue weighted by atomic mass is 10.1. The lowest BCUT2D eigenvalue weighted by molar-refractivity contribution is 0.101. The van der Waals surface area contributed by atoms with E-state index in [-0.39, 0.29) is 5.69 Å². The summed E-state index contributed by atoms with van der Waals surface area (Å²) in [5.41, 5.74) is 3.66. The predicted octanol–water partition coefficient (Wildman–Crippen LogP) is 5.25. The number of halogens is 1. The van der Waals surface area contributed by atoms with Crippen molar-refractivity contribution in [2.75, 3.05) is 12.4 Å². The van der Waals surface area contributed by atoms with E-state index in [1.807, 2.05) is 55.5 Å². The van der Waals surface area contributed by atoms with E-state index in [1.54, 1.807) is 30.0 Å². The van der Waals surface area contributed by atoms with Crippen molar-refractivity contribution in [1.29, 1.82) is 0 Å². The van der Waals surface area contributed by atoms with Crippen molar-refractivity contribution in [3.63, 3.8) is 0 Å². The molecule has 0 atom stereocenters. The number of ether oxygens (including phenoxy) is 1. The molecule has 1 amide bonds. The average molecular weight is 401 g/mol. The van der Waals surface area contributed by atoms with Crippen LogP contribution in [0.4, 0.5) is 10.1 Å². The van der Waals surface area contributed by atoms with Crippen LogP contribution in [-0.2, 0) is 0 Å². The first-order valence-electron chi connectivity index (χ1n) is 9.42. The van der Waals surface area contributed by atoms with Crippen LogP contribution in [0.25, 0.3) is 16.9 Å². The van der Waals surface area contributed by atoms with E-state index in [2.05, 4.69) is 10.4 Å². The third-order valence-electron chi connectivity index (χ3n) is 4.70. The van der Waals surface area contributed by atoms with Gasteiger partial charge in [0.1, 0.15) is 17.3 Å². The second kappa shape index (κ2) is 8.21. The first-order chi connectivity index (χ1) is 14.5. The zero-order valence-corrected chi connectivity index (χ0v) is 16.6. The minimum absolute atomic E-state index is 0.116. The van der Waals surface area contributed by atoms with Crippen molar-refractivity contribution >= 4 is 11.6 Å². The van der Waals surface area contributed by atoms with E-state index in [1.165, 1.54) is 12.1 Å². The van der Waals surface area contributed by atoms with Gasteiger partial charge in [-0.15, -0.1) is 0 Å². The SMILES string of the molecule is COc1ccc(-c2cc(C(=O)Nc3ccccc3F)n(-c3cccc(C)c3)n2)cc1. The minimum atomic E-state index is -0.497. The summed E-state index contributed by atoms with van der Waals surface area (Å²) in [6, 6.07) is 22.8. The van der Waals surface area contributed by atoms with E-state index < -0.39 is 11.7 Å². The third-order valence-corrected chi connectivity index (χ3v) is 4.70. The molecule has 0 spiro atoms. The van der Waals surface area contributed by atoms with Gasteiger partial charge >= 0.3 is 0 Å². The molecule has 1 heterocycles. The molecule has 5 nitrogen and oxygen atoms in total. The predicted molar refractivity (Wildman–Crippen MR) is 115 cm³/mol. The lowest BCUT2D eigenvalue weighted by Gasteiger charge is -2.09. The molecule has 0 saturated carbocycles. The van der Waals surface area contributed by atoms with Gasteiger partial charge in [-0.05, 0) is 67.1 Å². The van der Waals surface area contributed by atoms with Crippen LogP contribution in [0, 0.1) is 12.7 Å². The van der Waals surface area contributed by atoms with E-state index in [0.29, 0.717) is 11.4 Å². The minimum Gasteiger partial charge on any atom is -0.497 e. The molecule has 0 fully saturated rings. The Morgan fingerprint density at radius 1 is 1.00 bits per heavy atom. The van der Waals surface area contributed by atoms with Crippen molar-refractivity contribution in [1.82, 2.24) is 9.78 Å². The van der Waals surface area contributed by atoms with Crippen LogP contribution in [0.2, 0.25) is 0 Å². The largest absolute Gasteiger partial charge is 0.497 e. The van der Waals surface area contributed by atoms with Crippen molar-refractivity contribution in [3.05, 3.63) is 95.9 Å². The molecule has 0 bridgehead atoms. The van der Waals surface area contributed by atoms with Gasteiger partial charge in [0.2, 0.25) is 0 Å². The Kier molecular flexibility index (Phi) is 5.30. The first-order valence-corrected chi connectivity index (χ1v) is 9.42. The molecule has 4 rings (SSSR count). The maximum absolute atomic E-state index is 14.0. The number of carbonyl (C=O) groups excluding carboxylic acids is 1. The first kappa shape index (κ1) is 19.4. The van der Waals surface area contributed by atoms with E-state index >= 15 is 0 Å². The summed E-state index contributed by atoms with van der Waals surface area (Å²) in [4.78, 5) is 13.0. The van der Waals surface area contributed by atoms with Gasteiger partial charge in [0.15, 0.2) is 0 Å². The normalized spacial score (nSPS) is 10.6. The zero-order chi connectivity index (χ0) is 21.1. The second-order valence-corrected chi connectivity index (χ2v) is 6.83. The number of hydrogen-bond donors (Lipinski definition) is 1. The maximum atomic E-state index is 14.0. The number of hydrogen-bond acceptors (Lipinski definition) is 3. The fourth-order valence-electron chi connectivity index (χ4n) is 3.15. The van der Waals surface area contributed by atoms with Crippen LogP contribution >= 0.6 is 0 Å². The van der Waals surface area contributed by atoms with Crippen molar-refractivity contribution in [2.24, 2.45) is 0 Å². The molecule has 0 aliphatic rings. The van der Waals surface area contributed by atoms with Crippen LogP contribution in [0.3, 0.4) is 0 Å². The molecule has 0 saturated heterocycles. The van der Waals surface area contributed by atoms with Crippen LogP contribution in [0.5, 0.6) is 5.75 Å². The summed E-state index contributed by atoms with van der Waals surface area (Å²) in [6.45, 7) is 1.97. The molecule has 0 aliphatic heterocycles. The van der Waals surface area contributed by atoms with Gasteiger partial charge in [-0.3, -0.25) is 4.79 Å².